The molecule has 1 rings (SSSR count). The number of hydrogen-bond acceptors (Lipinski definition) is 2. The molecule has 3 heteroatoms. The highest BCUT2D eigenvalue weighted by Crippen LogP contribution is 2.41. The standard InChI is InChI=1S/C10H14FNO/c1-9(2,3)10(11)6-4-5-8(7-10)12-13/h4-5,7H,6H2,1-3H3/t10-/m1/s1. The lowest BCUT2D eigenvalue weighted by atomic mass is 9.74. The van der Waals surface area contributed by atoms with Crippen molar-refractivity contribution in [1.82, 2.24) is 0 Å². The SMILES string of the molecule is CC(C)(C)[C@]1(F)C=C(N=O)C=CC1. The van der Waals surface area contributed by atoms with Crippen LogP contribution in [0.4, 0.5) is 4.39 Å². The van der Waals surface area contributed by atoms with E-state index in [9.17, 15) is 9.30 Å². The highest BCUT2D eigenvalue weighted by molar-refractivity contribution is 5.29. The number of allylic oxidation sites excluding steroid dienone is 3. The molecule has 1 aliphatic carbocycles. The van der Waals surface area contributed by atoms with E-state index in [1.165, 1.54) is 6.08 Å². The summed E-state index contributed by atoms with van der Waals surface area (Å²) in [6.45, 7) is 5.43. The molecule has 13 heavy (non-hydrogen) atoms. The van der Waals surface area contributed by atoms with Gasteiger partial charge >= 0.3 is 0 Å². The Bertz CT molecular complexity index is 275. The third-order valence-corrected chi connectivity index (χ3v) is 2.43. The number of alkyl halides is 1. The van der Waals surface area contributed by atoms with Gasteiger partial charge in [0.25, 0.3) is 0 Å². The van der Waals surface area contributed by atoms with E-state index in [4.69, 9.17) is 0 Å². The zero-order chi connectivity index (χ0) is 10.1. The molecule has 0 fully saturated rings. The molecule has 0 heterocycles. The second-order valence-corrected chi connectivity index (χ2v) is 4.38. The zero-order valence-electron chi connectivity index (χ0n) is 8.17. The molecule has 0 radical (unpaired) electrons. The zero-order valence-corrected chi connectivity index (χ0v) is 8.17. The summed E-state index contributed by atoms with van der Waals surface area (Å²) in [6, 6.07) is 0. The van der Waals surface area contributed by atoms with Crippen molar-refractivity contribution in [2.45, 2.75) is 32.9 Å². The van der Waals surface area contributed by atoms with Crippen LogP contribution >= 0.6 is 0 Å². The van der Waals surface area contributed by atoms with Gasteiger partial charge in [-0.3, -0.25) is 0 Å². The van der Waals surface area contributed by atoms with Crippen LogP contribution in [-0.2, 0) is 0 Å². The highest BCUT2D eigenvalue weighted by atomic mass is 19.1. The average molecular weight is 183 g/mol. The van der Waals surface area contributed by atoms with Gasteiger partial charge < -0.3 is 0 Å². The van der Waals surface area contributed by atoms with Gasteiger partial charge in [-0.15, -0.1) is 4.91 Å². The van der Waals surface area contributed by atoms with E-state index in [0.29, 0.717) is 6.42 Å². The first-order chi connectivity index (χ1) is 5.89. The van der Waals surface area contributed by atoms with E-state index >= 15 is 0 Å². The Morgan fingerprint density at radius 1 is 1.54 bits per heavy atom. The Hall–Kier alpha value is -0.990. The van der Waals surface area contributed by atoms with Crippen molar-refractivity contribution in [3.63, 3.8) is 0 Å². The minimum Gasteiger partial charge on any atom is -0.238 e. The Morgan fingerprint density at radius 3 is 2.62 bits per heavy atom. The van der Waals surface area contributed by atoms with Crippen molar-refractivity contribution >= 4 is 0 Å². The van der Waals surface area contributed by atoms with Gasteiger partial charge in [0.1, 0.15) is 11.4 Å². The third kappa shape index (κ3) is 1.85. The predicted molar refractivity (Wildman–Crippen MR) is 50.9 cm³/mol. The fraction of sp³-hybridized carbons (Fsp3) is 0.600. The monoisotopic (exact) mass is 183 g/mol. The molecule has 0 bridgehead atoms. The second-order valence-electron chi connectivity index (χ2n) is 4.38. The molecule has 1 aliphatic rings. The van der Waals surface area contributed by atoms with Crippen molar-refractivity contribution in [1.29, 1.82) is 0 Å². The summed E-state index contributed by atoms with van der Waals surface area (Å²) in [4.78, 5) is 10.2. The molecule has 2 nitrogen and oxygen atoms in total. The predicted octanol–water partition coefficient (Wildman–Crippen LogP) is 3.35. The molecule has 0 spiro atoms. The fourth-order valence-corrected chi connectivity index (χ4v) is 1.27. The highest BCUT2D eigenvalue weighted by Gasteiger charge is 2.41. The molecule has 0 unspecified atom stereocenters. The van der Waals surface area contributed by atoms with E-state index in [1.54, 1.807) is 12.2 Å². The molecule has 0 N–H and O–H groups in total. The van der Waals surface area contributed by atoms with Crippen LogP contribution in [0.5, 0.6) is 0 Å². The van der Waals surface area contributed by atoms with Gasteiger partial charge in [0.05, 0.1) is 0 Å². The largest absolute Gasteiger partial charge is 0.238 e. The van der Waals surface area contributed by atoms with Crippen LogP contribution in [0.3, 0.4) is 0 Å². The minimum absolute atomic E-state index is 0.184. The molecule has 0 aromatic carbocycles. The first kappa shape index (κ1) is 10.1. The Balaban J connectivity index is 3.02. The number of nitroso groups, excluding NO2 is 1. The van der Waals surface area contributed by atoms with Crippen LogP contribution in [0.25, 0.3) is 0 Å². The van der Waals surface area contributed by atoms with Crippen molar-refractivity contribution in [2.24, 2.45) is 10.6 Å². The maximum Gasteiger partial charge on any atom is 0.139 e. The summed E-state index contributed by atoms with van der Waals surface area (Å²) in [6.07, 6.45) is 4.84. The van der Waals surface area contributed by atoms with E-state index < -0.39 is 11.1 Å². The third-order valence-electron chi connectivity index (χ3n) is 2.43. The summed E-state index contributed by atoms with van der Waals surface area (Å²) in [5.74, 6) is 0. The average Bonchev–Trinajstić information content (AvgIpc) is 2.02. The lowest BCUT2D eigenvalue weighted by molar-refractivity contribution is 0.0801. The summed E-state index contributed by atoms with van der Waals surface area (Å²) < 4.78 is 14.2. The molecule has 0 saturated carbocycles. The van der Waals surface area contributed by atoms with Crippen molar-refractivity contribution in [3.05, 3.63) is 28.8 Å². The second kappa shape index (κ2) is 3.05. The molecule has 0 saturated heterocycles. The first-order valence-electron chi connectivity index (χ1n) is 4.31. The number of hydrogen-bond donors (Lipinski definition) is 0. The van der Waals surface area contributed by atoms with Crippen LogP contribution in [0, 0.1) is 10.3 Å². The normalized spacial score (nSPS) is 28.5. The van der Waals surface area contributed by atoms with Crippen LogP contribution in [0.1, 0.15) is 27.2 Å². The topological polar surface area (TPSA) is 29.4 Å². The lowest BCUT2D eigenvalue weighted by Gasteiger charge is -2.36. The quantitative estimate of drug-likeness (QED) is 0.573. The smallest absolute Gasteiger partial charge is 0.139 e. The van der Waals surface area contributed by atoms with Gasteiger partial charge in [-0.1, -0.05) is 26.8 Å². The Kier molecular flexibility index (Phi) is 2.37. The molecule has 0 aliphatic heterocycles. The number of halogens is 1. The van der Waals surface area contributed by atoms with E-state index in [-0.39, 0.29) is 5.70 Å². The molecule has 0 amide bonds. The number of nitrogens with zero attached hydrogens (tertiary/aromatic N) is 1. The van der Waals surface area contributed by atoms with Crippen molar-refractivity contribution in [2.75, 3.05) is 0 Å². The van der Waals surface area contributed by atoms with Gasteiger partial charge in [0, 0.05) is 11.8 Å². The van der Waals surface area contributed by atoms with E-state index in [1.807, 2.05) is 20.8 Å². The van der Waals surface area contributed by atoms with Crippen LogP contribution in [0.2, 0.25) is 0 Å². The van der Waals surface area contributed by atoms with Crippen LogP contribution in [-0.4, -0.2) is 5.67 Å². The molecule has 72 valence electrons. The van der Waals surface area contributed by atoms with Gasteiger partial charge in [-0.05, 0) is 17.3 Å². The van der Waals surface area contributed by atoms with Gasteiger partial charge in [0.2, 0.25) is 0 Å². The van der Waals surface area contributed by atoms with Crippen molar-refractivity contribution in [3.8, 4) is 0 Å². The lowest BCUT2D eigenvalue weighted by Crippen LogP contribution is -2.37. The minimum atomic E-state index is -1.45. The molecular weight excluding hydrogens is 169 g/mol. The Labute approximate surface area is 77.5 Å². The van der Waals surface area contributed by atoms with E-state index in [2.05, 4.69) is 5.18 Å². The summed E-state index contributed by atoms with van der Waals surface area (Å²) in [5, 5.41) is 2.74. The van der Waals surface area contributed by atoms with Gasteiger partial charge in [-0.2, -0.15) is 0 Å². The molecule has 0 aromatic heterocycles. The maximum atomic E-state index is 14.2. The summed E-state index contributed by atoms with van der Waals surface area (Å²) in [7, 11) is 0. The van der Waals surface area contributed by atoms with E-state index in [0.717, 1.165) is 0 Å². The molecule has 0 aromatic rings. The Morgan fingerprint density at radius 2 is 2.15 bits per heavy atom. The maximum absolute atomic E-state index is 14.2. The number of rotatable bonds is 1. The van der Waals surface area contributed by atoms with Crippen LogP contribution < -0.4 is 0 Å². The fourth-order valence-electron chi connectivity index (χ4n) is 1.27. The van der Waals surface area contributed by atoms with Crippen molar-refractivity contribution < 1.29 is 4.39 Å². The summed E-state index contributed by atoms with van der Waals surface area (Å²) >= 11 is 0. The molecule has 1 atom stereocenters. The molecular formula is C10H14FNO. The first-order valence-corrected chi connectivity index (χ1v) is 4.31. The van der Waals surface area contributed by atoms with Crippen LogP contribution in [0.15, 0.2) is 29.1 Å². The van der Waals surface area contributed by atoms with Gasteiger partial charge in [-0.25, -0.2) is 4.39 Å². The van der Waals surface area contributed by atoms with Gasteiger partial charge in [0.15, 0.2) is 0 Å². The summed E-state index contributed by atoms with van der Waals surface area (Å²) in [5.41, 5.74) is -1.78.